The second kappa shape index (κ2) is 7.67. The molecule has 0 amide bonds. The van der Waals surface area contributed by atoms with Gasteiger partial charge in [-0.3, -0.25) is 4.72 Å². The largest absolute Gasteiger partial charge is 0.382 e. The lowest BCUT2D eigenvalue weighted by molar-refractivity contribution is 0.0785. The molecular formula is C10H15BrN2O4S. The predicted octanol–water partition coefficient (Wildman–Crippen LogP) is 1.25. The van der Waals surface area contributed by atoms with Gasteiger partial charge in [0.15, 0.2) is 0 Å². The van der Waals surface area contributed by atoms with Gasteiger partial charge in [-0.1, -0.05) is 0 Å². The molecule has 0 saturated carbocycles. The number of methoxy groups -OCH3 is 1. The van der Waals surface area contributed by atoms with Crippen molar-refractivity contribution in [2.24, 2.45) is 0 Å². The number of hydrogen-bond acceptors (Lipinski definition) is 5. The molecule has 0 atom stereocenters. The Morgan fingerprint density at radius 3 is 2.72 bits per heavy atom. The first kappa shape index (κ1) is 15.4. The Labute approximate surface area is 115 Å². The van der Waals surface area contributed by atoms with Crippen molar-refractivity contribution in [1.29, 1.82) is 0 Å². The third-order valence-corrected chi connectivity index (χ3v) is 3.65. The quantitative estimate of drug-likeness (QED) is 0.570. The van der Waals surface area contributed by atoms with Gasteiger partial charge in [-0.25, -0.2) is 13.4 Å². The van der Waals surface area contributed by atoms with Crippen molar-refractivity contribution in [3.8, 4) is 0 Å². The normalized spacial score (nSPS) is 11.4. The zero-order chi connectivity index (χ0) is 13.4. The minimum absolute atomic E-state index is 0.104. The molecule has 0 saturated heterocycles. The Bertz CT molecular complexity index is 449. The summed E-state index contributed by atoms with van der Waals surface area (Å²) in [5, 5.41) is 0. The van der Waals surface area contributed by atoms with Crippen molar-refractivity contribution in [3.05, 3.63) is 22.9 Å². The lowest BCUT2D eigenvalue weighted by Gasteiger charge is -2.08. The maximum atomic E-state index is 11.7. The average molecular weight is 339 g/mol. The summed E-state index contributed by atoms with van der Waals surface area (Å²) in [6.07, 6.45) is 1.44. The number of rotatable bonds is 8. The first-order valence-corrected chi connectivity index (χ1v) is 7.67. The van der Waals surface area contributed by atoms with Gasteiger partial charge in [0, 0.05) is 7.11 Å². The molecule has 0 aromatic carbocycles. The average Bonchev–Trinajstić information content (AvgIpc) is 2.31. The molecule has 1 aromatic rings. The van der Waals surface area contributed by atoms with Crippen LogP contribution in [0.5, 0.6) is 0 Å². The number of pyridine rings is 1. The van der Waals surface area contributed by atoms with E-state index < -0.39 is 10.0 Å². The molecule has 1 aromatic heterocycles. The maximum Gasteiger partial charge on any atom is 0.235 e. The van der Waals surface area contributed by atoms with Crippen molar-refractivity contribution in [2.75, 3.05) is 37.4 Å². The molecule has 1 rings (SSSR count). The minimum atomic E-state index is -3.41. The van der Waals surface area contributed by atoms with E-state index in [4.69, 9.17) is 9.47 Å². The Morgan fingerprint density at radius 1 is 1.33 bits per heavy atom. The van der Waals surface area contributed by atoms with Crippen LogP contribution >= 0.6 is 15.9 Å². The second-order valence-electron chi connectivity index (χ2n) is 3.40. The summed E-state index contributed by atoms with van der Waals surface area (Å²) >= 11 is 3.17. The predicted molar refractivity (Wildman–Crippen MR) is 72.0 cm³/mol. The number of halogens is 1. The molecular weight excluding hydrogens is 324 g/mol. The van der Waals surface area contributed by atoms with E-state index in [-0.39, 0.29) is 12.4 Å². The molecule has 1 heterocycles. The van der Waals surface area contributed by atoms with Crippen molar-refractivity contribution >= 4 is 31.6 Å². The Balaban J connectivity index is 2.37. The third kappa shape index (κ3) is 6.29. The van der Waals surface area contributed by atoms with E-state index in [9.17, 15) is 8.42 Å². The van der Waals surface area contributed by atoms with Crippen LogP contribution in [0, 0.1) is 0 Å². The van der Waals surface area contributed by atoms with Crippen molar-refractivity contribution in [2.45, 2.75) is 0 Å². The van der Waals surface area contributed by atoms with Crippen LogP contribution in [0.25, 0.3) is 0 Å². The number of ether oxygens (including phenoxy) is 2. The first-order chi connectivity index (χ1) is 8.53. The van der Waals surface area contributed by atoms with Crippen LogP contribution in [-0.2, 0) is 19.5 Å². The van der Waals surface area contributed by atoms with Gasteiger partial charge in [0.1, 0.15) is 4.60 Å². The van der Waals surface area contributed by atoms with Crippen molar-refractivity contribution in [3.63, 3.8) is 0 Å². The van der Waals surface area contributed by atoms with E-state index >= 15 is 0 Å². The summed E-state index contributed by atoms with van der Waals surface area (Å²) in [5.41, 5.74) is 0.426. The highest BCUT2D eigenvalue weighted by Gasteiger charge is 2.10. The molecule has 0 aliphatic carbocycles. The van der Waals surface area contributed by atoms with Crippen LogP contribution in [0.2, 0.25) is 0 Å². The van der Waals surface area contributed by atoms with Crippen LogP contribution in [0.1, 0.15) is 0 Å². The van der Waals surface area contributed by atoms with Gasteiger partial charge < -0.3 is 9.47 Å². The standard InChI is InChI=1S/C10H15BrN2O4S/c1-16-4-5-17-6-7-18(14,15)13-9-2-3-10(11)12-8-9/h2-3,8,13H,4-7H2,1H3. The van der Waals surface area contributed by atoms with E-state index in [0.717, 1.165) is 0 Å². The topological polar surface area (TPSA) is 77.5 Å². The van der Waals surface area contributed by atoms with Crippen LogP contribution in [0.3, 0.4) is 0 Å². The fourth-order valence-corrected chi connectivity index (χ4v) is 2.23. The zero-order valence-electron chi connectivity index (χ0n) is 9.93. The summed E-state index contributed by atoms with van der Waals surface area (Å²) in [4.78, 5) is 3.93. The lowest BCUT2D eigenvalue weighted by atomic mass is 10.4. The number of anilines is 1. The fraction of sp³-hybridized carbons (Fsp3) is 0.500. The van der Waals surface area contributed by atoms with Gasteiger partial charge in [-0.2, -0.15) is 0 Å². The zero-order valence-corrected chi connectivity index (χ0v) is 12.3. The Hall–Kier alpha value is -0.700. The summed E-state index contributed by atoms with van der Waals surface area (Å²) in [6.45, 7) is 0.957. The third-order valence-electron chi connectivity index (χ3n) is 1.93. The van der Waals surface area contributed by atoms with Crippen LogP contribution in [-0.4, -0.2) is 46.1 Å². The Kier molecular flexibility index (Phi) is 6.55. The van der Waals surface area contributed by atoms with E-state index in [1.165, 1.54) is 6.20 Å². The van der Waals surface area contributed by atoms with E-state index in [2.05, 4.69) is 25.6 Å². The molecule has 1 N–H and O–H groups in total. The summed E-state index contributed by atoms with van der Waals surface area (Å²) in [5.74, 6) is -0.104. The monoisotopic (exact) mass is 338 g/mol. The maximum absolute atomic E-state index is 11.7. The fourth-order valence-electron chi connectivity index (χ4n) is 1.08. The molecule has 0 bridgehead atoms. The van der Waals surface area contributed by atoms with Gasteiger partial charge in [0.25, 0.3) is 0 Å². The summed E-state index contributed by atoms with van der Waals surface area (Å²) in [7, 11) is -1.85. The SMILES string of the molecule is COCCOCCS(=O)(=O)Nc1ccc(Br)nc1. The van der Waals surface area contributed by atoms with Crippen LogP contribution < -0.4 is 4.72 Å². The molecule has 18 heavy (non-hydrogen) atoms. The second-order valence-corrected chi connectivity index (χ2v) is 6.05. The number of hydrogen-bond donors (Lipinski definition) is 1. The van der Waals surface area contributed by atoms with Gasteiger partial charge in [0.05, 0.1) is 37.5 Å². The van der Waals surface area contributed by atoms with Gasteiger partial charge in [-0.15, -0.1) is 0 Å². The van der Waals surface area contributed by atoms with Gasteiger partial charge in [0.2, 0.25) is 10.0 Å². The summed E-state index contributed by atoms with van der Waals surface area (Å²) in [6, 6.07) is 3.29. The van der Waals surface area contributed by atoms with Crippen molar-refractivity contribution in [1.82, 2.24) is 4.98 Å². The highest BCUT2D eigenvalue weighted by atomic mass is 79.9. The van der Waals surface area contributed by atoms with Crippen LogP contribution in [0.15, 0.2) is 22.9 Å². The number of aromatic nitrogens is 1. The van der Waals surface area contributed by atoms with E-state index in [0.29, 0.717) is 23.5 Å². The molecule has 0 unspecified atom stereocenters. The van der Waals surface area contributed by atoms with Gasteiger partial charge in [-0.05, 0) is 28.1 Å². The van der Waals surface area contributed by atoms with E-state index in [1.54, 1.807) is 19.2 Å². The molecule has 0 fully saturated rings. The molecule has 0 radical (unpaired) electrons. The molecule has 0 spiro atoms. The molecule has 8 heteroatoms. The highest BCUT2D eigenvalue weighted by molar-refractivity contribution is 9.10. The smallest absolute Gasteiger partial charge is 0.235 e. The summed E-state index contributed by atoms with van der Waals surface area (Å²) < 4.78 is 36.2. The molecule has 0 aliphatic heterocycles. The van der Waals surface area contributed by atoms with E-state index in [1.807, 2.05) is 0 Å². The lowest BCUT2D eigenvalue weighted by Crippen LogP contribution is -2.21. The molecule has 6 nitrogen and oxygen atoms in total. The van der Waals surface area contributed by atoms with Crippen LogP contribution in [0.4, 0.5) is 5.69 Å². The highest BCUT2D eigenvalue weighted by Crippen LogP contribution is 2.11. The first-order valence-electron chi connectivity index (χ1n) is 5.22. The Morgan fingerprint density at radius 2 is 2.11 bits per heavy atom. The number of nitrogens with zero attached hydrogens (tertiary/aromatic N) is 1. The van der Waals surface area contributed by atoms with Gasteiger partial charge >= 0.3 is 0 Å². The molecule has 0 aliphatic rings. The van der Waals surface area contributed by atoms with Crippen molar-refractivity contribution < 1.29 is 17.9 Å². The number of sulfonamides is 1. The minimum Gasteiger partial charge on any atom is -0.382 e. The molecule has 102 valence electrons. The number of nitrogens with one attached hydrogen (secondary N) is 1.